The highest BCUT2D eigenvalue weighted by molar-refractivity contribution is 5.89. The fourth-order valence-electron chi connectivity index (χ4n) is 1.30. The Morgan fingerprint density at radius 2 is 1.76 bits per heavy atom. The first-order chi connectivity index (χ1) is 8.34. The Balaban J connectivity index is 2.05. The largest absolute Gasteiger partial charge is 0.462 e. The molecule has 0 aromatic heterocycles. The summed E-state index contributed by atoms with van der Waals surface area (Å²) in [6.45, 7) is 1.40. The third-order valence-corrected chi connectivity index (χ3v) is 2.16. The molecule has 0 aliphatic heterocycles. The van der Waals surface area contributed by atoms with Crippen molar-refractivity contribution in [3.63, 3.8) is 0 Å². The minimum Gasteiger partial charge on any atom is -0.462 e. The van der Waals surface area contributed by atoms with Crippen molar-refractivity contribution in [2.24, 2.45) is 0 Å². The van der Waals surface area contributed by atoms with Crippen molar-refractivity contribution in [2.45, 2.75) is 12.8 Å². The van der Waals surface area contributed by atoms with Gasteiger partial charge in [-0.25, -0.2) is 4.79 Å². The maximum absolute atomic E-state index is 11.5. The van der Waals surface area contributed by atoms with Gasteiger partial charge >= 0.3 is 5.97 Å². The normalized spacial score (nSPS) is 10.2. The van der Waals surface area contributed by atoms with Crippen molar-refractivity contribution < 1.29 is 19.4 Å². The highest BCUT2D eigenvalue weighted by atomic mass is 16.5. The van der Waals surface area contributed by atoms with Gasteiger partial charge in [-0.15, -0.1) is 0 Å². The lowest BCUT2D eigenvalue weighted by molar-refractivity contribution is 0.0472. The number of esters is 1. The van der Waals surface area contributed by atoms with E-state index >= 15 is 0 Å². The zero-order chi connectivity index (χ0) is 12.3. The standard InChI is InChI=1S/C13H18O4/c14-8-11-16-9-4-5-10-17-13(15)12-6-2-1-3-7-12/h1-3,6-7,14H,4-5,8-11H2. The summed E-state index contributed by atoms with van der Waals surface area (Å²) >= 11 is 0. The molecule has 4 heteroatoms. The number of hydrogen-bond donors (Lipinski definition) is 1. The number of rotatable bonds is 8. The lowest BCUT2D eigenvalue weighted by atomic mass is 10.2. The number of ether oxygens (including phenoxy) is 2. The van der Waals surface area contributed by atoms with Gasteiger partial charge in [-0.2, -0.15) is 0 Å². The molecule has 0 aliphatic carbocycles. The van der Waals surface area contributed by atoms with Gasteiger partial charge in [0.2, 0.25) is 0 Å². The van der Waals surface area contributed by atoms with Gasteiger partial charge in [0, 0.05) is 6.61 Å². The molecule has 1 aromatic carbocycles. The summed E-state index contributed by atoms with van der Waals surface area (Å²) in [5, 5.41) is 8.47. The van der Waals surface area contributed by atoms with E-state index in [1.54, 1.807) is 24.3 Å². The Labute approximate surface area is 101 Å². The SMILES string of the molecule is O=C(OCCCCOCCO)c1ccccc1. The first-order valence-corrected chi connectivity index (χ1v) is 5.75. The molecular formula is C13H18O4. The second kappa shape index (κ2) is 8.73. The average molecular weight is 238 g/mol. The number of aliphatic hydroxyl groups excluding tert-OH is 1. The van der Waals surface area contributed by atoms with E-state index in [-0.39, 0.29) is 12.6 Å². The molecule has 0 atom stereocenters. The number of unbranched alkanes of at least 4 members (excludes halogenated alkanes) is 1. The quantitative estimate of drug-likeness (QED) is 0.552. The van der Waals surface area contributed by atoms with E-state index in [1.807, 2.05) is 6.07 Å². The summed E-state index contributed by atoms with van der Waals surface area (Å²) in [7, 11) is 0. The van der Waals surface area contributed by atoms with Crippen LogP contribution in [0.15, 0.2) is 30.3 Å². The topological polar surface area (TPSA) is 55.8 Å². The van der Waals surface area contributed by atoms with Crippen molar-refractivity contribution in [1.29, 1.82) is 0 Å². The van der Waals surface area contributed by atoms with Gasteiger partial charge in [-0.3, -0.25) is 0 Å². The van der Waals surface area contributed by atoms with Crippen LogP contribution in [-0.2, 0) is 9.47 Å². The van der Waals surface area contributed by atoms with Crippen molar-refractivity contribution in [3.05, 3.63) is 35.9 Å². The molecule has 0 bridgehead atoms. The van der Waals surface area contributed by atoms with Gasteiger partial charge in [-0.05, 0) is 25.0 Å². The Bertz CT molecular complexity index is 310. The molecule has 0 amide bonds. The zero-order valence-corrected chi connectivity index (χ0v) is 9.80. The third-order valence-electron chi connectivity index (χ3n) is 2.16. The molecule has 0 spiro atoms. The van der Waals surface area contributed by atoms with Crippen LogP contribution in [0.25, 0.3) is 0 Å². The van der Waals surface area contributed by atoms with Crippen LogP contribution in [0.4, 0.5) is 0 Å². The summed E-state index contributed by atoms with van der Waals surface area (Å²) < 4.78 is 10.2. The van der Waals surface area contributed by atoms with Gasteiger partial charge in [0.25, 0.3) is 0 Å². The fraction of sp³-hybridized carbons (Fsp3) is 0.462. The molecule has 0 saturated carbocycles. The molecule has 1 N–H and O–H groups in total. The van der Waals surface area contributed by atoms with Crippen LogP contribution in [0.5, 0.6) is 0 Å². The smallest absolute Gasteiger partial charge is 0.338 e. The molecule has 0 fully saturated rings. The van der Waals surface area contributed by atoms with Crippen molar-refractivity contribution in [2.75, 3.05) is 26.4 Å². The number of hydrogen-bond acceptors (Lipinski definition) is 4. The third kappa shape index (κ3) is 6.04. The minimum atomic E-state index is -0.290. The van der Waals surface area contributed by atoms with Crippen LogP contribution in [0.2, 0.25) is 0 Å². The van der Waals surface area contributed by atoms with Gasteiger partial charge in [0.15, 0.2) is 0 Å². The van der Waals surface area contributed by atoms with Gasteiger partial charge in [0.1, 0.15) is 0 Å². The Morgan fingerprint density at radius 3 is 2.47 bits per heavy atom. The lowest BCUT2D eigenvalue weighted by Crippen LogP contribution is -2.07. The minimum absolute atomic E-state index is 0.0446. The number of aliphatic hydroxyl groups is 1. The van der Waals surface area contributed by atoms with Gasteiger partial charge < -0.3 is 14.6 Å². The van der Waals surface area contributed by atoms with E-state index in [0.717, 1.165) is 12.8 Å². The second-order valence-electron chi connectivity index (χ2n) is 3.55. The Kier molecular flexibility index (Phi) is 7.02. The van der Waals surface area contributed by atoms with Crippen LogP contribution in [0.3, 0.4) is 0 Å². The average Bonchev–Trinajstić information content (AvgIpc) is 2.38. The van der Waals surface area contributed by atoms with E-state index in [9.17, 15) is 4.79 Å². The van der Waals surface area contributed by atoms with E-state index in [4.69, 9.17) is 14.6 Å². The maximum Gasteiger partial charge on any atom is 0.338 e. The van der Waals surface area contributed by atoms with Crippen LogP contribution in [-0.4, -0.2) is 37.5 Å². The molecule has 0 radical (unpaired) electrons. The van der Waals surface area contributed by atoms with Gasteiger partial charge in [0.05, 0.1) is 25.4 Å². The lowest BCUT2D eigenvalue weighted by Gasteiger charge is -2.05. The van der Waals surface area contributed by atoms with Crippen LogP contribution < -0.4 is 0 Å². The Morgan fingerprint density at radius 1 is 1.06 bits per heavy atom. The molecule has 1 aromatic rings. The molecule has 0 saturated heterocycles. The van der Waals surface area contributed by atoms with E-state index in [1.165, 1.54) is 0 Å². The van der Waals surface area contributed by atoms with Crippen molar-refractivity contribution >= 4 is 5.97 Å². The molecule has 0 unspecified atom stereocenters. The van der Waals surface area contributed by atoms with E-state index in [0.29, 0.717) is 25.4 Å². The number of benzene rings is 1. The summed E-state index contributed by atoms with van der Waals surface area (Å²) in [4.78, 5) is 11.5. The summed E-state index contributed by atoms with van der Waals surface area (Å²) in [6.07, 6.45) is 1.59. The predicted octanol–water partition coefficient (Wildman–Crippen LogP) is 1.63. The fourth-order valence-corrected chi connectivity index (χ4v) is 1.30. The molecule has 1 rings (SSSR count). The highest BCUT2D eigenvalue weighted by Crippen LogP contribution is 2.02. The predicted molar refractivity (Wildman–Crippen MR) is 63.9 cm³/mol. The maximum atomic E-state index is 11.5. The monoisotopic (exact) mass is 238 g/mol. The van der Waals surface area contributed by atoms with Crippen LogP contribution >= 0.6 is 0 Å². The molecule has 17 heavy (non-hydrogen) atoms. The van der Waals surface area contributed by atoms with Gasteiger partial charge in [-0.1, -0.05) is 18.2 Å². The van der Waals surface area contributed by atoms with Crippen molar-refractivity contribution in [3.8, 4) is 0 Å². The summed E-state index contributed by atoms with van der Waals surface area (Å²) in [6, 6.07) is 8.92. The van der Waals surface area contributed by atoms with Crippen LogP contribution in [0.1, 0.15) is 23.2 Å². The van der Waals surface area contributed by atoms with Crippen LogP contribution in [0, 0.1) is 0 Å². The number of carbonyl (C=O) groups is 1. The second-order valence-corrected chi connectivity index (χ2v) is 3.55. The number of carbonyl (C=O) groups excluding carboxylic acids is 1. The Hall–Kier alpha value is -1.39. The zero-order valence-electron chi connectivity index (χ0n) is 9.80. The van der Waals surface area contributed by atoms with E-state index in [2.05, 4.69) is 0 Å². The molecule has 0 aliphatic rings. The first-order valence-electron chi connectivity index (χ1n) is 5.75. The molecule has 4 nitrogen and oxygen atoms in total. The molecular weight excluding hydrogens is 220 g/mol. The first kappa shape index (κ1) is 13.7. The molecule has 0 heterocycles. The summed E-state index contributed by atoms with van der Waals surface area (Å²) in [5.41, 5.74) is 0.573. The van der Waals surface area contributed by atoms with E-state index < -0.39 is 0 Å². The highest BCUT2D eigenvalue weighted by Gasteiger charge is 2.04. The van der Waals surface area contributed by atoms with Crippen molar-refractivity contribution in [1.82, 2.24) is 0 Å². The molecule has 94 valence electrons. The summed E-state index contributed by atoms with van der Waals surface area (Å²) in [5.74, 6) is -0.290.